The van der Waals surface area contributed by atoms with E-state index in [-0.39, 0.29) is 0 Å². The molecule has 3 nitrogen and oxygen atoms in total. The number of halogens is 1. The smallest absolute Gasteiger partial charge is 0.137 e. The normalized spacial score (nSPS) is 27.7. The van der Waals surface area contributed by atoms with Crippen molar-refractivity contribution in [2.45, 2.75) is 58.4 Å². The van der Waals surface area contributed by atoms with Crippen LogP contribution in [0.15, 0.2) is 0 Å². The third-order valence-corrected chi connectivity index (χ3v) is 4.78. The van der Waals surface area contributed by atoms with Crippen LogP contribution in [0.3, 0.4) is 0 Å². The van der Waals surface area contributed by atoms with Gasteiger partial charge in [-0.05, 0) is 45.4 Å². The second kappa shape index (κ2) is 4.93. The minimum absolute atomic E-state index is 0.549. The standard InChI is InChI=1S/C15H22ClN3/c1-9-4-5-10(2)19(8-9)15-11(3)13(16)17-14(18-15)12-6-7-12/h9-10,12H,4-8H2,1-3H3. The van der Waals surface area contributed by atoms with Gasteiger partial charge in [-0.2, -0.15) is 0 Å². The number of hydrogen-bond acceptors (Lipinski definition) is 3. The Kier molecular flexibility index (Phi) is 3.42. The Bertz CT molecular complexity index is 485. The Labute approximate surface area is 120 Å². The van der Waals surface area contributed by atoms with E-state index in [1.165, 1.54) is 25.7 Å². The predicted molar refractivity (Wildman–Crippen MR) is 79.0 cm³/mol. The lowest BCUT2D eigenvalue weighted by molar-refractivity contribution is 0.387. The van der Waals surface area contributed by atoms with Crippen LogP contribution >= 0.6 is 11.6 Å². The molecule has 19 heavy (non-hydrogen) atoms. The molecule has 1 aliphatic carbocycles. The second-order valence-electron chi connectivity index (χ2n) is 6.28. The molecule has 3 rings (SSSR count). The fraction of sp³-hybridized carbons (Fsp3) is 0.733. The molecule has 1 aromatic rings. The molecule has 0 aromatic carbocycles. The monoisotopic (exact) mass is 279 g/mol. The van der Waals surface area contributed by atoms with Gasteiger partial charge in [0.1, 0.15) is 16.8 Å². The predicted octanol–water partition coefficient (Wildman–Crippen LogP) is 3.94. The van der Waals surface area contributed by atoms with Crippen LogP contribution in [0.2, 0.25) is 5.15 Å². The number of rotatable bonds is 2. The average molecular weight is 280 g/mol. The zero-order valence-electron chi connectivity index (χ0n) is 12.0. The molecule has 1 aliphatic heterocycles. The Hall–Kier alpha value is -0.830. The topological polar surface area (TPSA) is 29.0 Å². The molecule has 0 N–H and O–H groups in total. The van der Waals surface area contributed by atoms with Crippen LogP contribution in [0.25, 0.3) is 0 Å². The van der Waals surface area contributed by atoms with Gasteiger partial charge in [-0.15, -0.1) is 0 Å². The molecule has 0 spiro atoms. The van der Waals surface area contributed by atoms with E-state index in [4.69, 9.17) is 16.6 Å². The molecule has 2 fully saturated rings. The lowest BCUT2D eigenvalue weighted by Gasteiger charge is -2.38. The van der Waals surface area contributed by atoms with Gasteiger partial charge in [0, 0.05) is 24.1 Å². The van der Waals surface area contributed by atoms with Crippen LogP contribution in [-0.4, -0.2) is 22.6 Å². The highest BCUT2D eigenvalue weighted by Gasteiger charge is 2.31. The molecule has 2 aliphatic rings. The van der Waals surface area contributed by atoms with Gasteiger partial charge in [-0.3, -0.25) is 0 Å². The molecule has 2 unspecified atom stereocenters. The molecule has 0 bridgehead atoms. The average Bonchev–Trinajstić information content (AvgIpc) is 3.20. The van der Waals surface area contributed by atoms with Gasteiger partial charge in [-0.1, -0.05) is 18.5 Å². The number of aromatic nitrogens is 2. The molecule has 104 valence electrons. The van der Waals surface area contributed by atoms with Crippen LogP contribution in [-0.2, 0) is 0 Å². The number of anilines is 1. The molecule has 4 heteroatoms. The fourth-order valence-electron chi connectivity index (χ4n) is 2.88. The first-order valence-electron chi connectivity index (χ1n) is 7.37. The van der Waals surface area contributed by atoms with Crippen molar-refractivity contribution in [3.63, 3.8) is 0 Å². The van der Waals surface area contributed by atoms with E-state index in [2.05, 4.69) is 23.7 Å². The summed E-state index contributed by atoms with van der Waals surface area (Å²) >= 11 is 6.32. The summed E-state index contributed by atoms with van der Waals surface area (Å²) in [7, 11) is 0. The molecule has 0 radical (unpaired) electrons. The third kappa shape index (κ3) is 2.58. The highest BCUT2D eigenvalue weighted by atomic mass is 35.5. The number of piperidine rings is 1. The quantitative estimate of drug-likeness (QED) is 0.768. The zero-order valence-corrected chi connectivity index (χ0v) is 12.7. The Balaban J connectivity index is 1.97. The van der Waals surface area contributed by atoms with Gasteiger partial charge in [0.05, 0.1) is 0 Å². The van der Waals surface area contributed by atoms with E-state index in [1.807, 2.05) is 6.92 Å². The Morgan fingerprint density at radius 3 is 2.53 bits per heavy atom. The van der Waals surface area contributed by atoms with Gasteiger partial charge in [-0.25, -0.2) is 9.97 Å². The summed E-state index contributed by atoms with van der Waals surface area (Å²) in [5, 5.41) is 0.636. The van der Waals surface area contributed by atoms with Crippen molar-refractivity contribution < 1.29 is 0 Å². The SMILES string of the molecule is Cc1c(Cl)nc(C2CC2)nc1N1CC(C)CCC1C. The van der Waals surface area contributed by atoms with Crippen molar-refractivity contribution in [3.8, 4) is 0 Å². The maximum absolute atomic E-state index is 6.32. The molecular weight excluding hydrogens is 258 g/mol. The van der Waals surface area contributed by atoms with Crippen LogP contribution in [0.5, 0.6) is 0 Å². The molecule has 1 aromatic heterocycles. The second-order valence-corrected chi connectivity index (χ2v) is 6.64. The molecule has 1 saturated carbocycles. The third-order valence-electron chi connectivity index (χ3n) is 4.41. The maximum atomic E-state index is 6.32. The van der Waals surface area contributed by atoms with E-state index >= 15 is 0 Å². The van der Waals surface area contributed by atoms with Gasteiger partial charge < -0.3 is 4.90 Å². The van der Waals surface area contributed by atoms with Gasteiger partial charge in [0.15, 0.2) is 0 Å². The highest BCUT2D eigenvalue weighted by molar-refractivity contribution is 6.30. The first kappa shape index (κ1) is 13.2. The van der Waals surface area contributed by atoms with Crippen molar-refractivity contribution in [1.82, 2.24) is 9.97 Å². The van der Waals surface area contributed by atoms with Crippen molar-refractivity contribution in [2.75, 3.05) is 11.4 Å². The number of nitrogens with zero attached hydrogens (tertiary/aromatic N) is 3. The lowest BCUT2D eigenvalue weighted by atomic mass is 9.95. The van der Waals surface area contributed by atoms with Crippen molar-refractivity contribution in [3.05, 3.63) is 16.5 Å². The summed E-state index contributed by atoms with van der Waals surface area (Å²) in [5.74, 6) is 3.31. The van der Waals surface area contributed by atoms with Crippen LogP contribution < -0.4 is 4.90 Å². The van der Waals surface area contributed by atoms with Crippen LogP contribution in [0.1, 0.15) is 56.8 Å². The summed E-state index contributed by atoms with van der Waals surface area (Å²) in [4.78, 5) is 11.7. The van der Waals surface area contributed by atoms with E-state index in [0.29, 0.717) is 17.1 Å². The largest absolute Gasteiger partial charge is 0.353 e. The Morgan fingerprint density at radius 2 is 1.84 bits per heavy atom. The van der Waals surface area contributed by atoms with Gasteiger partial charge >= 0.3 is 0 Å². The summed E-state index contributed by atoms with van der Waals surface area (Å²) in [6.45, 7) is 7.73. The Morgan fingerprint density at radius 1 is 1.11 bits per heavy atom. The first-order chi connectivity index (χ1) is 9.06. The minimum atomic E-state index is 0.549. The number of hydrogen-bond donors (Lipinski definition) is 0. The van der Waals surface area contributed by atoms with Gasteiger partial charge in [0.25, 0.3) is 0 Å². The van der Waals surface area contributed by atoms with Gasteiger partial charge in [0.2, 0.25) is 0 Å². The summed E-state index contributed by atoms with van der Waals surface area (Å²) in [6, 6.07) is 0.549. The van der Waals surface area contributed by atoms with E-state index < -0.39 is 0 Å². The molecule has 2 atom stereocenters. The van der Waals surface area contributed by atoms with Crippen LogP contribution in [0.4, 0.5) is 5.82 Å². The molecule has 2 heterocycles. The van der Waals surface area contributed by atoms with Crippen molar-refractivity contribution in [2.24, 2.45) is 5.92 Å². The fourth-order valence-corrected chi connectivity index (χ4v) is 3.05. The van der Waals surface area contributed by atoms with E-state index in [9.17, 15) is 0 Å². The lowest BCUT2D eigenvalue weighted by Crippen LogP contribution is -2.42. The van der Waals surface area contributed by atoms with Crippen molar-refractivity contribution >= 4 is 17.4 Å². The summed E-state index contributed by atoms with van der Waals surface area (Å²) in [6.07, 6.45) is 4.97. The summed E-state index contributed by atoms with van der Waals surface area (Å²) < 4.78 is 0. The summed E-state index contributed by atoms with van der Waals surface area (Å²) in [5.41, 5.74) is 1.03. The molecule has 0 amide bonds. The van der Waals surface area contributed by atoms with E-state index in [0.717, 1.165) is 29.7 Å². The van der Waals surface area contributed by atoms with E-state index in [1.54, 1.807) is 0 Å². The zero-order chi connectivity index (χ0) is 13.6. The van der Waals surface area contributed by atoms with Crippen molar-refractivity contribution in [1.29, 1.82) is 0 Å². The van der Waals surface area contributed by atoms with Crippen LogP contribution in [0, 0.1) is 12.8 Å². The molecular formula is C15H22ClN3. The maximum Gasteiger partial charge on any atom is 0.137 e. The highest BCUT2D eigenvalue weighted by Crippen LogP contribution is 2.40. The minimum Gasteiger partial charge on any atom is -0.353 e. The first-order valence-corrected chi connectivity index (χ1v) is 7.74. The molecule has 1 saturated heterocycles.